The Balaban J connectivity index is 2.29. The van der Waals surface area contributed by atoms with Crippen LogP contribution in [0, 0.1) is 0 Å². The van der Waals surface area contributed by atoms with Crippen LogP contribution >= 0.6 is 11.6 Å². The number of hydrogen-bond donors (Lipinski definition) is 1. The van der Waals surface area contributed by atoms with Gasteiger partial charge in [0.15, 0.2) is 0 Å². The van der Waals surface area contributed by atoms with Gasteiger partial charge in [-0.3, -0.25) is 4.68 Å². The third kappa shape index (κ3) is 2.99. The molecule has 0 aliphatic heterocycles. The molecule has 1 N–H and O–H groups in total. The van der Waals surface area contributed by atoms with Crippen molar-refractivity contribution in [1.82, 2.24) is 20.0 Å². The average molecular weight is 313 g/mol. The van der Waals surface area contributed by atoms with Crippen LogP contribution in [-0.2, 0) is 19.9 Å². The number of nitrogens with one attached hydrogen (secondary N) is 1. The van der Waals surface area contributed by atoms with Gasteiger partial charge in [-0.25, -0.2) is 0 Å². The minimum absolute atomic E-state index is 0.231. The summed E-state index contributed by atoms with van der Waals surface area (Å²) in [6.45, 7) is 2.10. The Kier molecular flexibility index (Phi) is 5.33. The molecule has 21 heavy (non-hydrogen) atoms. The van der Waals surface area contributed by atoms with Crippen molar-refractivity contribution in [1.29, 1.82) is 0 Å². The summed E-state index contributed by atoms with van der Waals surface area (Å²) in [5, 5.41) is 8.96. The minimum Gasteiger partial charge on any atom is -0.315 e. The van der Waals surface area contributed by atoms with Crippen LogP contribution in [0.15, 0.2) is 0 Å². The molecule has 1 saturated carbocycles. The fourth-order valence-corrected chi connectivity index (χ4v) is 4.26. The molecule has 4 nitrogen and oxygen atoms in total. The van der Waals surface area contributed by atoms with Crippen molar-refractivity contribution in [2.75, 3.05) is 21.1 Å². The molecule has 1 heterocycles. The maximum atomic E-state index is 6.54. The van der Waals surface area contributed by atoms with E-state index in [1.807, 2.05) is 11.7 Å². The lowest BCUT2D eigenvalue weighted by Crippen LogP contribution is -2.57. The smallest absolute Gasteiger partial charge is 0.0850 e. The molecule has 1 atom stereocenters. The Morgan fingerprint density at radius 2 is 2.00 bits per heavy atom. The molecule has 1 aliphatic rings. The zero-order chi connectivity index (χ0) is 15.6. The zero-order valence-corrected chi connectivity index (χ0v) is 14.8. The summed E-state index contributed by atoms with van der Waals surface area (Å²) >= 11 is 6.54. The van der Waals surface area contributed by atoms with Crippen LogP contribution in [0.2, 0.25) is 5.02 Å². The van der Waals surface area contributed by atoms with E-state index in [0.717, 1.165) is 29.3 Å². The molecule has 0 saturated heterocycles. The van der Waals surface area contributed by atoms with E-state index in [1.165, 1.54) is 25.7 Å². The molecule has 2 rings (SSSR count). The molecule has 1 fully saturated rings. The zero-order valence-electron chi connectivity index (χ0n) is 14.0. The highest BCUT2D eigenvalue weighted by Gasteiger charge is 2.43. The molecular formula is C16H29ClN4. The molecule has 5 heteroatoms. The van der Waals surface area contributed by atoms with E-state index >= 15 is 0 Å². The molecule has 1 aliphatic carbocycles. The molecule has 1 unspecified atom stereocenters. The molecule has 0 aromatic carbocycles. The van der Waals surface area contributed by atoms with E-state index in [4.69, 9.17) is 11.6 Å². The quantitative estimate of drug-likeness (QED) is 0.876. The van der Waals surface area contributed by atoms with Gasteiger partial charge in [0.05, 0.1) is 16.4 Å². The Labute approximate surface area is 133 Å². The van der Waals surface area contributed by atoms with Crippen LogP contribution in [0.4, 0.5) is 0 Å². The second-order valence-corrected chi connectivity index (χ2v) is 6.81. The first-order valence-electron chi connectivity index (χ1n) is 8.01. The van der Waals surface area contributed by atoms with Crippen molar-refractivity contribution in [3.05, 3.63) is 16.4 Å². The molecular weight excluding hydrogens is 284 g/mol. The van der Waals surface area contributed by atoms with E-state index in [9.17, 15) is 0 Å². The van der Waals surface area contributed by atoms with Gasteiger partial charge in [-0.05, 0) is 40.4 Å². The van der Waals surface area contributed by atoms with Crippen LogP contribution in [-0.4, -0.2) is 47.4 Å². The van der Waals surface area contributed by atoms with Crippen molar-refractivity contribution in [3.63, 3.8) is 0 Å². The van der Waals surface area contributed by atoms with Crippen molar-refractivity contribution in [3.8, 4) is 0 Å². The average Bonchev–Trinajstić information content (AvgIpc) is 3.04. The lowest BCUT2D eigenvalue weighted by molar-refractivity contribution is 0.107. The number of aryl methyl sites for hydroxylation is 2. The second-order valence-electron chi connectivity index (χ2n) is 6.44. The normalized spacial score (nSPS) is 19.4. The third-order valence-electron chi connectivity index (χ3n) is 5.26. The second kappa shape index (κ2) is 6.67. The number of hydrogen-bond acceptors (Lipinski definition) is 3. The molecule has 0 amide bonds. The van der Waals surface area contributed by atoms with Gasteiger partial charge in [-0.1, -0.05) is 31.4 Å². The summed E-state index contributed by atoms with van der Waals surface area (Å²) in [6.07, 6.45) is 6.95. The topological polar surface area (TPSA) is 33.1 Å². The first-order valence-corrected chi connectivity index (χ1v) is 8.39. The van der Waals surface area contributed by atoms with Gasteiger partial charge in [0.25, 0.3) is 0 Å². The van der Waals surface area contributed by atoms with Crippen molar-refractivity contribution >= 4 is 11.6 Å². The fraction of sp³-hybridized carbons (Fsp3) is 0.812. The van der Waals surface area contributed by atoms with Crippen molar-refractivity contribution < 1.29 is 0 Å². The van der Waals surface area contributed by atoms with Crippen molar-refractivity contribution in [2.45, 2.75) is 57.0 Å². The van der Waals surface area contributed by atoms with E-state index in [1.54, 1.807) is 0 Å². The number of aromatic nitrogens is 2. The van der Waals surface area contributed by atoms with E-state index in [-0.39, 0.29) is 5.54 Å². The fourth-order valence-electron chi connectivity index (χ4n) is 3.89. The summed E-state index contributed by atoms with van der Waals surface area (Å²) in [7, 11) is 8.49. The summed E-state index contributed by atoms with van der Waals surface area (Å²) in [4.78, 5) is 2.41. The van der Waals surface area contributed by atoms with E-state index in [0.29, 0.717) is 6.04 Å². The van der Waals surface area contributed by atoms with Gasteiger partial charge in [-0.15, -0.1) is 0 Å². The van der Waals surface area contributed by atoms with E-state index in [2.05, 4.69) is 43.4 Å². The summed E-state index contributed by atoms with van der Waals surface area (Å²) in [5.41, 5.74) is 2.39. The molecule has 1 aromatic rings. The van der Waals surface area contributed by atoms with Crippen LogP contribution < -0.4 is 5.32 Å². The lowest BCUT2D eigenvalue weighted by Gasteiger charge is -2.43. The Morgan fingerprint density at radius 3 is 2.43 bits per heavy atom. The largest absolute Gasteiger partial charge is 0.315 e. The van der Waals surface area contributed by atoms with Gasteiger partial charge < -0.3 is 10.2 Å². The Hall–Kier alpha value is -0.580. The first kappa shape index (κ1) is 16.8. The van der Waals surface area contributed by atoms with Crippen molar-refractivity contribution in [2.24, 2.45) is 7.05 Å². The van der Waals surface area contributed by atoms with Gasteiger partial charge in [0, 0.05) is 25.0 Å². The number of halogens is 1. The Bertz CT molecular complexity index is 475. The number of rotatable bonds is 6. The third-order valence-corrected chi connectivity index (χ3v) is 5.69. The van der Waals surface area contributed by atoms with Gasteiger partial charge in [0.2, 0.25) is 0 Å². The SMILES string of the molecule is CCc1nn(C)c(CC(NC)C2(N(C)C)CCCC2)c1Cl. The van der Waals surface area contributed by atoms with Crippen LogP contribution in [0.3, 0.4) is 0 Å². The minimum atomic E-state index is 0.231. The highest BCUT2D eigenvalue weighted by atomic mass is 35.5. The van der Waals surface area contributed by atoms with Crippen LogP contribution in [0.25, 0.3) is 0 Å². The monoisotopic (exact) mass is 312 g/mol. The standard InChI is InChI=1S/C16H29ClN4/c1-6-12-15(17)13(21(5)19-12)11-14(18-2)16(20(3)4)9-7-8-10-16/h14,18H,6-11H2,1-5H3. The maximum Gasteiger partial charge on any atom is 0.0850 e. The Morgan fingerprint density at radius 1 is 1.38 bits per heavy atom. The summed E-state index contributed by atoms with van der Waals surface area (Å²) in [5.74, 6) is 0. The predicted molar refractivity (Wildman–Crippen MR) is 89.0 cm³/mol. The van der Waals surface area contributed by atoms with Gasteiger partial charge in [0.1, 0.15) is 0 Å². The van der Waals surface area contributed by atoms with Gasteiger partial charge >= 0.3 is 0 Å². The maximum absolute atomic E-state index is 6.54. The predicted octanol–water partition coefficient (Wildman–Crippen LogP) is 2.64. The molecule has 0 bridgehead atoms. The highest BCUT2D eigenvalue weighted by Crippen LogP contribution is 2.38. The first-order chi connectivity index (χ1) is 9.96. The molecule has 1 aromatic heterocycles. The highest BCUT2D eigenvalue weighted by molar-refractivity contribution is 6.31. The number of likely N-dealkylation sites (N-methyl/N-ethyl adjacent to an activating group) is 2. The van der Waals surface area contributed by atoms with Crippen LogP contribution in [0.5, 0.6) is 0 Å². The van der Waals surface area contributed by atoms with Crippen LogP contribution in [0.1, 0.15) is 44.0 Å². The molecule has 0 spiro atoms. The lowest BCUT2D eigenvalue weighted by atomic mass is 9.84. The molecule has 0 radical (unpaired) electrons. The van der Waals surface area contributed by atoms with Gasteiger partial charge in [-0.2, -0.15) is 5.10 Å². The molecule has 120 valence electrons. The summed E-state index contributed by atoms with van der Waals surface area (Å²) in [6, 6.07) is 0.396. The number of nitrogens with zero attached hydrogens (tertiary/aromatic N) is 3. The summed E-state index contributed by atoms with van der Waals surface area (Å²) < 4.78 is 1.96. The van der Waals surface area contributed by atoms with E-state index < -0.39 is 0 Å².